The molecule has 0 atom stereocenters. The average molecular weight is 282 g/mol. The highest BCUT2D eigenvalue weighted by atomic mass is 16.3. The third-order valence-electron chi connectivity index (χ3n) is 3.82. The van der Waals surface area contributed by atoms with Crippen LogP contribution in [0.1, 0.15) is 26.7 Å². The largest absolute Gasteiger partial charge is 0.456 e. The third kappa shape index (κ3) is 2.44. The van der Waals surface area contributed by atoms with E-state index in [1.54, 1.807) is 0 Å². The normalized spacial score (nSPS) is 11.3. The number of benzene rings is 2. The van der Waals surface area contributed by atoms with E-state index in [0.29, 0.717) is 0 Å². The van der Waals surface area contributed by atoms with Gasteiger partial charge in [-0.1, -0.05) is 19.9 Å². The summed E-state index contributed by atoms with van der Waals surface area (Å²) >= 11 is 0. The Morgan fingerprint density at radius 2 is 1.76 bits per heavy atom. The molecule has 0 aliphatic heterocycles. The molecule has 0 aliphatic carbocycles. The molecule has 0 spiro atoms. The zero-order valence-corrected chi connectivity index (χ0v) is 12.7. The van der Waals surface area contributed by atoms with Gasteiger partial charge >= 0.3 is 0 Å². The molecule has 21 heavy (non-hydrogen) atoms. The van der Waals surface area contributed by atoms with Crippen LogP contribution in [-0.2, 0) is 0 Å². The van der Waals surface area contributed by atoms with Crippen molar-refractivity contribution < 1.29 is 4.42 Å². The summed E-state index contributed by atoms with van der Waals surface area (Å²) in [5.41, 5.74) is 9.83. The summed E-state index contributed by atoms with van der Waals surface area (Å²) in [6, 6.07) is 12.2. The summed E-state index contributed by atoms with van der Waals surface area (Å²) in [4.78, 5) is 2.44. The maximum Gasteiger partial charge on any atom is 0.137 e. The number of anilines is 2. The number of nitrogens with two attached hydrogens (primary N) is 1. The van der Waals surface area contributed by atoms with E-state index in [4.69, 9.17) is 10.2 Å². The van der Waals surface area contributed by atoms with Gasteiger partial charge in [-0.2, -0.15) is 0 Å². The molecule has 3 heteroatoms. The predicted octanol–water partition coefficient (Wildman–Crippen LogP) is 4.79. The molecular weight excluding hydrogens is 260 g/mol. The molecule has 0 bridgehead atoms. The molecule has 0 radical (unpaired) electrons. The van der Waals surface area contributed by atoms with E-state index < -0.39 is 0 Å². The van der Waals surface area contributed by atoms with Crippen molar-refractivity contribution in [2.45, 2.75) is 26.7 Å². The molecule has 0 saturated carbocycles. The second-order valence-electron chi connectivity index (χ2n) is 5.49. The fraction of sp³-hybridized carbons (Fsp3) is 0.333. The quantitative estimate of drug-likeness (QED) is 0.684. The molecule has 0 unspecified atom stereocenters. The van der Waals surface area contributed by atoms with Crippen molar-refractivity contribution in [1.82, 2.24) is 0 Å². The predicted molar refractivity (Wildman–Crippen MR) is 90.9 cm³/mol. The lowest BCUT2D eigenvalue weighted by Gasteiger charge is -2.24. The minimum absolute atomic E-state index is 0.775. The van der Waals surface area contributed by atoms with E-state index >= 15 is 0 Å². The highest BCUT2D eigenvalue weighted by molar-refractivity contribution is 6.12. The second-order valence-corrected chi connectivity index (χ2v) is 5.49. The van der Waals surface area contributed by atoms with Crippen molar-refractivity contribution in [3.05, 3.63) is 36.4 Å². The monoisotopic (exact) mass is 282 g/mol. The van der Waals surface area contributed by atoms with Crippen molar-refractivity contribution in [3.63, 3.8) is 0 Å². The Labute approximate surface area is 125 Å². The van der Waals surface area contributed by atoms with Crippen LogP contribution in [0.2, 0.25) is 0 Å². The second kappa shape index (κ2) is 5.68. The Morgan fingerprint density at radius 1 is 1.00 bits per heavy atom. The first kappa shape index (κ1) is 13.8. The smallest absolute Gasteiger partial charge is 0.137 e. The van der Waals surface area contributed by atoms with E-state index in [1.807, 2.05) is 24.3 Å². The van der Waals surface area contributed by atoms with E-state index in [1.165, 1.54) is 11.1 Å². The standard InChI is InChI=1S/C18H22N2O/c1-3-10-20(11-4-2)15-6-5-7-17-18(15)14-12-13(19)8-9-16(14)21-17/h5-9,12H,3-4,10-11,19H2,1-2H3. The summed E-state index contributed by atoms with van der Waals surface area (Å²) in [6.07, 6.45) is 2.27. The van der Waals surface area contributed by atoms with Gasteiger partial charge in [-0.3, -0.25) is 0 Å². The van der Waals surface area contributed by atoms with Gasteiger partial charge in [-0.05, 0) is 43.2 Å². The highest BCUT2D eigenvalue weighted by Gasteiger charge is 2.15. The molecule has 2 N–H and O–H groups in total. The summed E-state index contributed by atoms with van der Waals surface area (Å²) < 4.78 is 5.97. The Balaban J connectivity index is 2.26. The van der Waals surface area contributed by atoms with E-state index in [9.17, 15) is 0 Å². The SMILES string of the molecule is CCCN(CCC)c1cccc2oc3ccc(N)cc3c12. The van der Waals surface area contributed by atoms with Gasteiger partial charge in [0.2, 0.25) is 0 Å². The van der Waals surface area contributed by atoms with Crippen molar-refractivity contribution in [3.8, 4) is 0 Å². The van der Waals surface area contributed by atoms with Crippen molar-refractivity contribution in [1.29, 1.82) is 0 Å². The van der Waals surface area contributed by atoms with E-state index in [0.717, 1.165) is 48.2 Å². The Kier molecular flexibility index (Phi) is 3.74. The van der Waals surface area contributed by atoms with Gasteiger partial charge in [0.05, 0.1) is 5.39 Å². The lowest BCUT2D eigenvalue weighted by Crippen LogP contribution is -2.24. The van der Waals surface area contributed by atoms with Crippen LogP contribution < -0.4 is 10.6 Å². The fourth-order valence-corrected chi connectivity index (χ4v) is 2.98. The minimum atomic E-state index is 0.775. The Bertz CT molecular complexity index is 754. The van der Waals surface area contributed by atoms with Gasteiger partial charge in [0.1, 0.15) is 11.2 Å². The first-order valence-corrected chi connectivity index (χ1v) is 7.70. The van der Waals surface area contributed by atoms with Crippen molar-refractivity contribution in [2.24, 2.45) is 0 Å². The Hall–Kier alpha value is -2.16. The highest BCUT2D eigenvalue weighted by Crippen LogP contribution is 2.36. The average Bonchev–Trinajstić information content (AvgIpc) is 2.85. The van der Waals surface area contributed by atoms with Crippen molar-refractivity contribution >= 4 is 33.3 Å². The molecule has 1 heterocycles. The summed E-state index contributed by atoms with van der Waals surface area (Å²) in [6.45, 7) is 6.55. The van der Waals surface area contributed by atoms with Crippen molar-refractivity contribution in [2.75, 3.05) is 23.7 Å². The van der Waals surface area contributed by atoms with E-state index in [-0.39, 0.29) is 0 Å². The molecule has 3 nitrogen and oxygen atoms in total. The topological polar surface area (TPSA) is 42.4 Å². The number of nitrogens with zero attached hydrogens (tertiary/aromatic N) is 1. The van der Waals surface area contributed by atoms with Crippen LogP contribution in [0.5, 0.6) is 0 Å². The first-order chi connectivity index (χ1) is 10.2. The Morgan fingerprint density at radius 3 is 2.48 bits per heavy atom. The van der Waals surface area contributed by atoms with Gasteiger partial charge in [-0.15, -0.1) is 0 Å². The molecule has 0 saturated heterocycles. The molecule has 2 aromatic carbocycles. The van der Waals surface area contributed by atoms with Crippen LogP contribution in [0.25, 0.3) is 21.9 Å². The third-order valence-corrected chi connectivity index (χ3v) is 3.82. The maximum atomic E-state index is 5.97. The molecule has 3 rings (SSSR count). The van der Waals surface area contributed by atoms with Gasteiger partial charge in [0.15, 0.2) is 0 Å². The van der Waals surface area contributed by atoms with E-state index in [2.05, 4.69) is 30.9 Å². The zero-order valence-electron chi connectivity index (χ0n) is 12.7. The van der Waals surface area contributed by atoms with Gasteiger partial charge in [0, 0.05) is 29.9 Å². The zero-order chi connectivity index (χ0) is 14.8. The van der Waals surface area contributed by atoms with Crippen LogP contribution in [0.4, 0.5) is 11.4 Å². The van der Waals surface area contributed by atoms with Gasteiger partial charge < -0.3 is 15.1 Å². The number of nitrogen functional groups attached to an aromatic ring is 1. The minimum Gasteiger partial charge on any atom is -0.456 e. The summed E-state index contributed by atoms with van der Waals surface area (Å²) in [7, 11) is 0. The van der Waals surface area contributed by atoms with Gasteiger partial charge in [0.25, 0.3) is 0 Å². The summed E-state index contributed by atoms with van der Waals surface area (Å²) in [5.74, 6) is 0. The molecule has 0 amide bonds. The van der Waals surface area contributed by atoms with Gasteiger partial charge in [-0.25, -0.2) is 0 Å². The number of hydrogen-bond acceptors (Lipinski definition) is 3. The number of hydrogen-bond donors (Lipinski definition) is 1. The molecule has 3 aromatic rings. The molecule has 0 aliphatic rings. The molecule has 110 valence electrons. The number of fused-ring (bicyclic) bond motifs is 3. The molecule has 0 fully saturated rings. The fourth-order valence-electron chi connectivity index (χ4n) is 2.98. The van der Waals surface area contributed by atoms with Crippen LogP contribution in [0.3, 0.4) is 0 Å². The number of furan rings is 1. The molecule has 1 aromatic heterocycles. The van der Waals surface area contributed by atoms with Crippen LogP contribution in [0.15, 0.2) is 40.8 Å². The lowest BCUT2D eigenvalue weighted by atomic mass is 10.1. The molecular formula is C18H22N2O. The number of rotatable bonds is 5. The van der Waals surface area contributed by atoms with Crippen LogP contribution >= 0.6 is 0 Å². The van der Waals surface area contributed by atoms with Crippen LogP contribution in [0, 0.1) is 0 Å². The lowest BCUT2D eigenvalue weighted by molar-refractivity contribution is 0.668. The summed E-state index contributed by atoms with van der Waals surface area (Å²) in [5, 5.41) is 2.29. The first-order valence-electron chi connectivity index (χ1n) is 7.70. The maximum absolute atomic E-state index is 5.97. The van der Waals surface area contributed by atoms with Crippen LogP contribution in [-0.4, -0.2) is 13.1 Å².